The van der Waals surface area contributed by atoms with Gasteiger partial charge in [-0.2, -0.15) is 13.2 Å². The van der Waals surface area contributed by atoms with E-state index in [-0.39, 0.29) is 48.5 Å². The Morgan fingerprint density at radius 1 is 1.08 bits per heavy atom. The number of likely N-dealkylation sites (tertiary alicyclic amines) is 1. The predicted octanol–water partition coefficient (Wildman–Crippen LogP) is 2.78. The molecule has 0 radical (unpaired) electrons. The van der Waals surface area contributed by atoms with E-state index in [1.165, 1.54) is 4.90 Å². The van der Waals surface area contributed by atoms with E-state index in [9.17, 15) is 45.1 Å². The van der Waals surface area contributed by atoms with Crippen molar-refractivity contribution >= 4 is 27.5 Å². The molecule has 1 saturated heterocycles. The van der Waals surface area contributed by atoms with Gasteiger partial charge in [0.2, 0.25) is 17.4 Å². The molecule has 0 aromatic heterocycles. The van der Waals surface area contributed by atoms with Crippen LogP contribution in [-0.4, -0.2) is 62.2 Å². The van der Waals surface area contributed by atoms with Crippen molar-refractivity contribution in [3.8, 4) is 0 Å². The van der Waals surface area contributed by atoms with Gasteiger partial charge in [0, 0.05) is 19.5 Å². The van der Waals surface area contributed by atoms with Gasteiger partial charge in [0.05, 0.1) is 22.5 Å². The number of carbonyl (C=O) groups excluding carboxylic acids is 2. The molecule has 39 heavy (non-hydrogen) atoms. The third kappa shape index (κ3) is 5.31. The summed E-state index contributed by atoms with van der Waals surface area (Å²) in [7, 11) is -4.45. The molecule has 2 aliphatic heterocycles. The zero-order valence-corrected chi connectivity index (χ0v) is 21.3. The molecule has 4 rings (SSSR count). The predicted molar refractivity (Wildman–Crippen MR) is 129 cm³/mol. The molecule has 2 aromatic carbocycles. The Bertz CT molecular complexity index is 1370. The molecule has 2 aliphatic rings. The van der Waals surface area contributed by atoms with E-state index in [0.29, 0.717) is 6.42 Å². The maximum absolute atomic E-state index is 13.7. The third-order valence-corrected chi connectivity index (χ3v) is 9.14. The van der Waals surface area contributed by atoms with E-state index < -0.39 is 63.6 Å². The number of nitrogens with two attached hydrogens (primary N) is 1. The van der Waals surface area contributed by atoms with Crippen LogP contribution in [0.4, 0.5) is 27.6 Å². The van der Waals surface area contributed by atoms with Crippen LogP contribution in [0.5, 0.6) is 0 Å². The molecule has 14 heteroatoms. The SMILES string of the molecule is NC(=O)C1CCN(C(=O)C[C@@H]2CCc3cc(C(O)(CF)C(F)(F)F)ccc3N2S(=O)(=O)c2ccc(F)cc2)C1. The average Bonchev–Trinajstić information content (AvgIpc) is 3.38. The van der Waals surface area contributed by atoms with Crippen molar-refractivity contribution in [3.63, 3.8) is 0 Å². The van der Waals surface area contributed by atoms with E-state index in [4.69, 9.17) is 5.73 Å². The van der Waals surface area contributed by atoms with Crippen LogP contribution in [-0.2, 0) is 31.6 Å². The molecule has 2 amide bonds. The van der Waals surface area contributed by atoms with Gasteiger partial charge in [0.1, 0.15) is 12.5 Å². The molecule has 2 heterocycles. The first-order chi connectivity index (χ1) is 18.2. The number of benzene rings is 2. The molecule has 0 aliphatic carbocycles. The summed E-state index contributed by atoms with van der Waals surface area (Å²) in [6.45, 7) is -1.81. The normalized spacial score (nSPS) is 21.4. The number of fused-ring (bicyclic) bond motifs is 1. The van der Waals surface area contributed by atoms with E-state index in [1.54, 1.807) is 0 Å². The van der Waals surface area contributed by atoms with Gasteiger partial charge in [-0.3, -0.25) is 13.9 Å². The maximum atomic E-state index is 13.7. The fourth-order valence-corrected chi connectivity index (χ4v) is 6.71. The largest absolute Gasteiger partial charge is 0.424 e. The zero-order chi connectivity index (χ0) is 28.8. The number of carbonyl (C=O) groups is 2. The smallest absolute Gasteiger partial charge is 0.374 e. The van der Waals surface area contributed by atoms with Gasteiger partial charge in [-0.1, -0.05) is 12.1 Å². The Hall–Kier alpha value is -3.26. The minimum atomic E-state index is -5.34. The number of halogens is 5. The minimum Gasteiger partial charge on any atom is -0.374 e. The van der Waals surface area contributed by atoms with Crippen LogP contribution in [0.2, 0.25) is 0 Å². The first kappa shape index (κ1) is 28.7. The second-order valence-corrected chi connectivity index (χ2v) is 11.5. The highest BCUT2D eigenvalue weighted by Crippen LogP contribution is 2.43. The number of aliphatic hydroxyl groups is 1. The van der Waals surface area contributed by atoms with Gasteiger partial charge in [-0.25, -0.2) is 17.2 Å². The number of nitrogens with zero attached hydrogens (tertiary/aromatic N) is 2. The fraction of sp³-hybridized carbons (Fsp3) is 0.440. The average molecular weight is 576 g/mol. The van der Waals surface area contributed by atoms with Crippen molar-refractivity contribution in [2.24, 2.45) is 11.7 Å². The lowest BCUT2D eigenvalue weighted by molar-refractivity contribution is -0.271. The maximum Gasteiger partial charge on any atom is 0.424 e. The lowest BCUT2D eigenvalue weighted by Gasteiger charge is -2.39. The fourth-order valence-electron chi connectivity index (χ4n) is 4.99. The van der Waals surface area contributed by atoms with Gasteiger partial charge < -0.3 is 15.7 Å². The van der Waals surface area contributed by atoms with Crippen molar-refractivity contribution in [2.45, 2.75) is 48.4 Å². The Morgan fingerprint density at radius 2 is 1.74 bits per heavy atom. The standard InChI is InChI=1S/C25H26F5N3O5S/c26-14-24(36,25(28,29)30)17-2-8-21-15(11-17)1-5-19(12-22(34)32-10-9-16(13-32)23(31)35)33(21)39(37,38)20-6-3-18(27)4-7-20/h2-4,6-8,11,16,19,36H,1,5,9-10,12-14H2,(H2,31,35)/t16?,19-,24?/m0/s1. The molecule has 2 aromatic rings. The first-order valence-electron chi connectivity index (χ1n) is 12.0. The summed E-state index contributed by atoms with van der Waals surface area (Å²) in [5.41, 5.74) is 0.788. The number of primary amides is 1. The number of alkyl halides is 4. The van der Waals surface area contributed by atoms with E-state index in [2.05, 4.69) is 0 Å². The highest BCUT2D eigenvalue weighted by Gasteiger charge is 2.55. The Balaban J connectivity index is 1.74. The Kier molecular flexibility index (Phi) is 7.65. The van der Waals surface area contributed by atoms with E-state index >= 15 is 0 Å². The van der Waals surface area contributed by atoms with Crippen molar-refractivity contribution in [1.29, 1.82) is 0 Å². The Morgan fingerprint density at radius 3 is 2.31 bits per heavy atom. The monoisotopic (exact) mass is 575 g/mol. The summed E-state index contributed by atoms with van der Waals surface area (Å²) < 4.78 is 95.8. The Labute approximate surface area is 221 Å². The highest BCUT2D eigenvalue weighted by atomic mass is 32.2. The molecule has 3 atom stereocenters. The van der Waals surface area contributed by atoms with Crippen molar-refractivity contribution in [1.82, 2.24) is 4.90 Å². The molecule has 1 fully saturated rings. The number of hydrogen-bond acceptors (Lipinski definition) is 5. The van der Waals surface area contributed by atoms with Gasteiger partial charge >= 0.3 is 6.18 Å². The van der Waals surface area contributed by atoms with Gasteiger partial charge in [0.25, 0.3) is 10.0 Å². The number of anilines is 1. The molecule has 0 bridgehead atoms. The minimum absolute atomic E-state index is 0.00970. The van der Waals surface area contributed by atoms with Crippen molar-refractivity contribution in [3.05, 3.63) is 59.4 Å². The van der Waals surface area contributed by atoms with Crippen LogP contribution in [0.3, 0.4) is 0 Å². The summed E-state index contributed by atoms with van der Waals surface area (Å²) in [4.78, 5) is 25.7. The second-order valence-electron chi connectivity index (χ2n) is 9.71. The number of sulfonamides is 1. The first-order valence-corrected chi connectivity index (χ1v) is 13.5. The van der Waals surface area contributed by atoms with Crippen LogP contribution in [0.25, 0.3) is 0 Å². The van der Waals surface area contributed by atoms with Crippen LogP contribution in [0.1, 0.15) is 30.4 Å². The quantitative estimate of drug-likeness (QED) is 0.492. The zero-order valence-electron chi connectivity index (χ0n) is 20.5. The summed E-state index contributed by atoms with van der Waals surface area (Å²) in [6, 6.07) is 5.67. The molecule has 3 N–H and O–H groups in total. The van der Waals surface area contributed by atoms with Crippen LogP contribution >= 0.6 is 0 Å². The lowest BCUT2D eigenvalue weighted by Crippen LogP contribution is -2.47. The number of rotatable bonds is 7. The van der Waals surface area contributed by atoms with Gasteiger partial charge in [-0.15, -0.1) is 0 Å². The van der Waals surface area contributed by atoms with Crippen molar-refractivity contribution < 1.29 is 45.1 Å². The second kappa shape index (κ2) is 10.4. The summed E-state index contributed by atoms with van der Waals surface area (Å²) >= 11 is 0. The third-order valence-electron chi connectivity index (χ3n) is 7.26. The molecule has 0 spiro atoms. The van der Waals surface area contributed by atoms with Gasteiger partial charge in [0.15, 0.2) is 0 Å². The van der Waals surface area contributed by atoms with Crippen LogP contribution in [0, 0.1) is 11.7 Å². The summed E-state index contributed by atoms with van der Waals surface area (Å²) in [5, 5.41) is 10.1. The van der Waals surface area contributed by atoms with Crippen LogP contribution < -0.4 is 10.0 Å². The number of hydrogen-bond donors (Lipinski definition) is 2. The number of amides is 2. The number of aryl methyl sites for hydroxylation is 1. The highest BCUT2D eigenvalue weighted by molar-refractivity contribution is 7.92. The van der Waals surface area contributed by atoms with E-state index in [1.807, 2.05) is 0 Å². The van der Waals surface area contributed by atoms with Crippen molar-refractivity contribution in [2.75, 3.05) is 24.1 Å². The van der Waals surface area contributed by atoms with Crippen LogP contribution in [0.15, 0.2) is 47.4 Å². The molecule has 0 saturated carbocycles. The lowest BCUT2D eigenvalue weighted by atomic mass is 9.88. The topological polar surface area (TPSA) is 121 Å². The molecular formula is C25H26F5N3O5S. The molecule has 8 nitrogen and oxygen atoms in total. The van der Waals surface area contributed by atoms with Gasteiger partial charge in [-0.05, 0) is 60.7 Å². The molecule has 2 unspecified atom stereocenters. The summed E-state index contributed by atoms with van der Waals surface area (Å²) in [6.07, 6.45) is -5.23. The molecule has 212 valence electrons. The summed E-state index contributed by atoms with van der Waals surface area (Å²) in [5.74, 6) is -2.21. The molecular weight excluding hydrogens is 549 g/mol. The van der Waals surface area contributed by atoms with E-state index in [0.717, 1.165) is 46.8 Å².